The van der Waals surface area contributed by atoms with Crippen LogP contribution in [0.5, 0.6) is 0 Å². The summed E-state index contributed by atoms with van der Waals surface area (Å²) in [6.07, 6.45) is 2.64. The van der Waals surface area contributed by atoms with Crippen LogP contribution in [0, 0.1) is 0 Å². The van der Waals surface area contributed by atoms with E-state index in [4.69, 9.17) is 23.2 Å². The fourth-order valence-electron chi connectivity index (χ4n) is 3.41. The van der Waals surface area contributed by atoms with Crippen molar-refractivity contribution in [2.75, 3.05) is 28.6 Å². The van der Waals surface area contributed by atoms with E-state index < -0.39 is 5.91 Å². The third-order valence-electron chi connectivity index (χ3n) is 5.04. The molecule has 10 heteroatoms. The van der Waals surface area contributed by atoms with Crippen molar-refractivity contribution in [3.8, 4) is 0 Å². The Morgan fingerprint density at radius 2 is 1.97 bits per heavy atom. The van der Waals surface area contributed by atoms with Gasteiger partial charge >= 0.3 is 0 Å². The van der Waals surface area contributed by atoms with Gasteiger partial charge in [0.1, 0.15) is 11.6 Å². The van der Waals surface area contributed by atoms with E-state index in [1.165, 1.54) is 0 Å². The number of pyridine rings is 1. The zero-order valence-corrected chi connectivity index (χ0v) is 18.9. The molecular formula is C22H22Cl2N6O2. The van der Waals surface area contributed by atoms with Crippen LogP contribution in [0.15, 0.2) is 42.6 Å². The number of aliphatic hydroxyl groups is 1. The number of nitrogens with one attached hydrogen (secondary N) is 2. The molecule has 0 radical (unpaired) electrons. The van der Waals surface area contributed by atoms with Crippen LogP contribution in [0.4, 0.5) is 23.3 Å². The number of rotatable bonds is 6. The van der Waals surface area contributed by atoms with Gasteiger partial charge in [-0.2, -0.15) is 4.98 Å². The second kappa shape index (κ2) is 9.68. The third kappa shape index (κ3) is 5.09. The summed E-state index contributed by atoms with van der Waals surface area (Å²) in [7, 11) is 0. The number of halogens is 2. The Balaban J connectivity index is 1.53. The Kier molecular flexibility index (Phi) is 6.74. The van der Waals surface area contributed by atoms with Crippen LogP contribution in [0.3, 0.4) is 0 Å². The largest absolute Gasteiger partial charge is 0.391 e. The van der Waals surface area contributed by atoms with Gasteiger partial charge < -0.3 is 20.6 Å². The predicted octanol–water partition coefficient (Wildman–Crippen LogP) is 4.31. The highest BCUT2D eigenvalue weighted by atomic mass is 35.5. The Labute approximate surface area is 195 Å². The Bertz CT molecular complexity index is 1120. The highest BCUT2D eigenvalue weighted by molar-refractivity contribution is 6.40. The number of anilines is 4. The van der Waals surface area contributed by atoms with E-state index in [-0.39, 0.29) is 21.7 Å². The van der Waals surface area contributed by atoms with Gasteiger partial charge in [-0.15, -0.1) is 0 Å². The molecule has 8 nitrogen and oxygen atoms in total. The lowest BCUT2D eigenvalue weighted by Crippen LogP contribution is -2.24. The summed E-state index contributed by atoms with van der Waals surface area (Å²) in [5.41, 5.74) is 1.61. The van der Waals surface area contributed by atoms with Gasteiger partial charge in [-0.05, 0) is 31.0 Å². The first-order valence-electron chi connectivity index (χ1n) is 10.2. The van der Waals surface area contributed by atoms with Gasteiger partial charge in [-0.25, -0.2) is 9.97 Å². The summed E-state index contributed by atoms with van der Waals surface area (Å²) in [5.74, 6) is 1.24. The van der Waals surface area contributed by atoms with E-state index in [1.807, 2.05) is 17.9 Å². The van der Waals surface area contributed by atoms with Crippen molar-refractivity contribution in [2.24, 2.45) is 0 Å². The van der Waals surface area contributed by atoms with Crippen LogP contribution in [-0.2, 0) is 6.42 Å². The molecule has 1 aliphatic heterocycles. The number of benzene rings is 1. The summed E-state index contributed by atoms with van der Waals surface area (Å²) in [4.78, 5) is 28.1. The number of aliphatic hydroxyl groups excluding tert-OH is 1. The molecule has 1 amide bonds. The van der Waals surface area contributed by atoms with Crippen LogP contribution >= 0.6 is 23.2 Å². The van der Waals surface area contributed by atoms with Gasteiger partial charge in [-0.1, -0.05) is 36.2 Å². The number of hydrogen-bond acceptors (Lipinski definition) is 7. The van der Waals surface area contributed by atoms with Crippen molar-refractivity contribution >= 4 is 52.4 Å². The lowest BCUT2D eigenvalue weighted by molar-refractivity contribution is 0.102. The van der Waals surface area contributed by atoms with Crippen molar-refractivity contribution < 1.29 is 9.90 Å². The number of aromatic nitrogens is 3. The van der Waals surface area contributed by atoms with Crippen LogP contribution < -0.4 is 15.5 Å². The lowest BCUT2D eigenvalue weighted by Gasteiger charge is -2.17. The molecular weight excluding hydrogens is 451 g/mol. The monoisotopic (exact) mass is 472 g/mol. The van der Waals surface area contributed by atoms with E-state index in [0.717, 1.165) is 12.1 Å². The minimum atomic E-state index is -0.414. The first-order valence-corrected chi connectivity index (χ1v) is 11.0. The normalized spacial score (nSPS) is 15.6. The molecule has 3 N–H and O–H groups in total. The van der Waals surface area contributed by atoms with E-state index in [1.54, 1.807) is 36.5 Å². The Morgan fingerprint density at radius 1 is 1.19 bits per heavy atom. The summed E-state index contributed by atoms with van der Waals surface area (Å²) >= 11 is 12.3. The number of carbonyl (C=O) groups is 1. The van der Waals surface area contributed by atoms with Gasteiger partial charge in [0.15, 0.2) is 0 Å². The van der Waals surface area contributed by atoms with Crippen molar-refractivity contribution in [3.63, 3.8) is 0 Å². The molecule has 1 aliphatic rings. The molecule has 1 saturated heterocycles. The molecule has 0 spiro atoms. The maximum Gasteiger partial charge on any atom is 0.258 e. The van der Waals surface area contributed by atoms with E-state index in [2.05, 4.69) is 25.6 Å². The molecule has 4 rings (SSSR count). The number of carbonyl (C=O) groups excluding carboxylic acids is 1. The smallest absolute Gasteiger partial charge is 0.258 e. The standard InChI is InChI=1S/C22H22Cl2N6O2/c1-2-13-10-19(29-22(27-13)30-9-7-15(31)12-30)28-18-11-14(6-8-25-18)26-21(32)20-16(23)4-3-5-17(20)24/h3-6,8,10-11,15,31H,2,7,9,12H2,1H3,(H2,25,26,27,28,29,32). The highest BCUT2D eigenvalue weighted by Crippen LogP contribution is 2.26. The quantitative estimate of drug-likeness (QED) is 0.490. The second-order valence-corrected chi connectivity index (χ2v) is 8.21. The predicted molar refractivity (Wildman–Crippen MR) is 126 cm³/mol. The van der Waals surface area contributed by atoms with Crippen molar-refractivity contribution in [2.45, 2.75) is 25.9 Å². The molecule has 1 atom stereocenters. The van der Waals surface area contributed by atoms with E-state index >= 15 is 0 Å². The number of hydrogen-bond donors (Lipinski definition) is 3. The summed E-state index contributed by atoms with van der Waals surface area (Å²) in [5, 5.41) is 16.4. The fourth-order valence-corrected chi connectivity index (χ4v) is 3.98. The van der Waals surface area contributed by atoms with Crippen LogP contribution in [-0.4, -0.2) is 45.2 Å². The maximum absolute atomic E-state index is 12.7. The molecule has 1 aromatic carbocycles. The van der Waals surface area contributed by atoms with Crippen LogP contribution in [0.2, 0.25) is 10.0 Å². The lowest BCUT2D eigenvalue weighted by atomic mass is 10.2. The van der Waals surface area contributed by atoms with Gasteiger partial charge in [0, 0.05) is 42.8 Å². The third-order valence-corrected chi connectivity index (χ3v) is 5.67. The van der Waals surface area contributed by atoms with E-state index in [9.17, 15) is 9.90 Å². The van der Waals surface area contributed by atoms with E-state index in [0.29, 0.717) is 42.8 Å². The average molecular weight is 473 g/mol. The number of β-amino-alcohol motifs (C(OH)–C–C–N with tert-alkyl or cyclic N) is 1. The topological polar surface area (TPSA) is 103 Å². The minimum absolute atomic E-state index is 0.211. The number of aryl methyl sites for hydroxylation is 1. The number of nitrogens with zero attached hydrogens (tertiary/aromatic N) is 4. The molecule has 3 heterocycles. The average Bonchev–Trinajstić information content (AvgIpc) is 3.20. The number of amides is 1. The summed E-state index contributed by atoms with van der Waals surface area (Å²) in [6, 6.07) is 10.1. The summed E-state index contributed by atoms with van der Waals surface area (Å²) in [6.45, 7) is 3.23. The molecule has 2 aromatic heterocycles. The highest BCUT2D eigenvalue weighted by Gasteiger charge is 2.23. The van der Waals surface area contributed by atoms with Crippen LogP contribution in [0.1, 0.15) is 29.4 Å². The first kappa shape index (κ1) is 22.3. The second-order valence-electron chi connectivity index (χ2n) is 7.39. The van der Waals surface area contributed by atoms with Crippen molar-refractivity contribution in [1.82, 2.24) is 15.0 Å². The van der Waals surface area contributed by atoms with Crippen molar-refractivity contribution in [3.05, 3.63) is 63.9 Å². The molecule has 32 heavy (non-hydrogen) atoms. The maximum atomic E-state index is 12.7. The summed E-state index contributed by atoms with van der Waals surface area (Å²) < 4.78 is 0. The Hall–Kier alpha value is -2.94. The van der Waals surface area contributed by atoms with Crippen molar-refractivity contribution in [1.29, 1.82) is 0 Å². The molecule has 1 fully saturated rings. The van der Waals surface area contributed by atoms with Gasteiger partial charge in [0.2, 0.25) is 5.95 Å². The zero-order chi connectivity index (χ0) is 22.7. The molecule has 166 valence electrons. The molecule has 3 aromatic rings. The fraction of sp³-hybridized carbons (Fsp3) is 0.273. The Morgan fingerprint density at radius 3 is 2.66 bits per heavy atom. The van der Waals surface area contributed by atoms with Gasteiger partial charge in [0.25, 0.3) is 5.91 Å². The molecule has 0 aliphatic carbocycles. The van der Waals surface area contributed by atoms with Gasteiger partial charge in [-0.3, -0.25) is 4.79 Å². The zero-order valence-electron chi connectivity index (χ0n) is 17.3. The van der Waals surface area contributed by atoms with Gasteiger partial charge in [0.05, 0.1) is 21.7 Å². The molecule has 0 bridgehead atoms. The molecule has 0 saturated carbocycles. The molecule has 1 unspecified atom stereocenters. The van der Waals surface area contributed by atoms with Crippen LogP contribution in [0.25, 0.3) is 0 Å². The minimum Gasteiger partial charge on any atom is -0.391 e. The SMILES string of the molecule is CCc1cc(Nc2cc(NC(=O)c3c(Cl)cccc3Cl)ccn2)nc(N2CCC(O)C2)n1. The first-order chi connectivity index (χ1) is 15.4.